The highest BCUT2D eigenvalue weighted by Gasteiger charge is 2.25. The molecule has 2 rings (SSSR count). The summed E-state index contributed by atoms with van der Waals surface area (Å²) < 4.78 is 0. The van der Waals surface area contributed by atoms with Crippen LogP contribution < -0.4 is 10.6 Å². The van der Waals surface area contributed by atoms with Crippen LogP contribution in [0.5, 0.6) is 5.75 Å². The highest BCUT2D eigenvalue weighted by atomic mass is 16.3. The average molecular weight is 232 g/mol. The lowest BCUT2D eigenvalue weighted by atomic mass is 10.1. The number of aromatic hydroxyl groups is 1. The first-order valence-electron chi connectivity index (χ1n) is 5.58. The van der Waals surface area contributed by atoms with Gasteiger partial charge in [-0.1, -0.05) is 18.2 Å². The number of phenolic OH excluding ortho intramolecular Hbond substituents is 1. The van der Waals surface area contributed by atoms with Crippen molar-refractivity contribution < 1.29 is 9.90 Å². The van der Waals surface area contributed by atoms with E-state index in [1.54, 1.807) is 36.2 Å². The maximum atomic E-state index is 12.1. The van der Waals surface area contributed by atoms with Crippen molar-refractivity contribution in [1.29, 1.82) is 0 Å². The first kappa shape index (κ1) is 11.7. The van der Waals surface area contributed by atoms with Crippen molar-refractivity contribution in [2.75, 3.05) is 11.9 Å². The number of carbonyl (C=O) groups is 1. The van der Waals surface area contributed by atoms with Crippen LogP contribution in [-0.2, 0) is 4.79 Å². The number of phenols is 1. The Morgan fingerprint density at radius 2 is 2.24 bits per heavy atom. The van der Waals surface area contributed by atoms with Crippen LogP contribution in [0, 0.1) is 5.92 Å². The van der Waals surface area contributed by atoms with Crippen LogP contribution in [0.1, 0.15) is 6.42 Å². The molecule has 2 unspecified atom stereocenters. The minimum atomic E-state index is -0.155. The van der Waals surface area contributed by atoms with Crippen LogP contribution >= 0.6 is 0 Å². The quantitative estimate of drug-likeness (QED) is 0.754. The third kappa shape index (κ3) is 2.47. The van der Waals surface area contributed by atoms with E-state index in [0.717, 1.165) is 0 Å². The van der Waals surface area contributed by atoms with Gasteiger partial charge in [-0.15, -0.1) is 0 Å². The van der Waals surface area contributed by atoms with Gasteiger partial charge >= 0.3 is 0 Å². The molecule has 0 saturated heterocycles. The molecule has 0 fully saturated rings. The van der Waals surface area contributed by atoms with Crippen molar-refractivity contribution in [1.82, 2.24) is 0 Å². The standard InChI is InChI=1S/C13H16N2O2/c1-15(11-3-2-4-12(16)8-11)13(17)9-5-6-10(14)7-9/h2-6,8-10,16H,7,14H2,1H3. The Morgan fingerprint density at radius 1 is 1.47 bits per heavy atom. The number of nitrogens with two attached hydrogens (primary N) is 1. The van der Waals surface area contributed by atoms with E-state index in [0.29, 0.717) is 12.1 Å². The van der Waals surface area contributed by atoms with Gasteiger partial charge in [-0.3, -0.25) is 4.79 Å². The lowest BCUT2D eigenvalue weighted by Crippen LogP contribution is -2.32. The van der Waals surface area contributed by atoms with E-state index in [1.807, 2.05) is 12.2 Å². The van der Waals surface area contributed by atoms with Crippen LogP contribution in [0.15, 0.2) is 36.4 Å². The summed E-state index contributed by atoms with van der Waals surface area (Å²) in [6, 6.07) is 6.62. The molecule has 90 valence electrons. The highest BCUT2D eigenvalue weighted by Crippen LogP contribution is 2.24. The minimum Gasteiger partial charge on any atom is -0.508 e. The molecule has 0 aliphatic heterocycles. The molecule has 4 nitrogen and oxygen atoms in total. The zero-order chi connectivity index (χ0) is 12.4. The molecular weight excluding hydrogens is 216 g/mol. The number of benzene rings is 1. The van der Waals surface area contributed by atoms with Gasteiger partial charge in [-0.05, 0) is 18.6 Å². The predicted molar refractivity (Wildman–Crippen MR) is 66.7 cm³/mol. The Kier molecular flexibility index (Phi) is 3.15. The molecule has 1 aliphatic rings. The topological polar surface area (TPSA) is 66.6 Å². The van der Waals surface area contributed by atoms with E-state index in [1.165, 1.54) is 0 Å². The third-order valence-corrected chi connectivity index (χ3v) is 2.98. The predicted octanol–water partition coefficient (Wildman–Crippen LogP) is 1.26. The lowest BCUT2D eigenvalue weighted by molar-refractivity contribution is -0.120. The number of rotatable bonds is 2. The molecule has 1 amide bonds. The van der Waals surface area contributed by atoms with E-state index >= 15 is 0 Å². The fraction of sp³-hybridized carbons (Fsp3) is 0.308. The normalized spacial score (nSPS) is 22.7. The van der Waals surface area contributed by atoms with Crippen LogP contribution in [0.2, 0.25) is 0 Å². The first-order valence-corrected chi connectivity index (χ1v) is 5.58. The van der Waals surface area contributed by atoms with E-state index in [4.69, 9.17) is 5.73 Å². The van der Waals surface area contributed by atoms with Crippen molar-refractivity contribution >= 4 is 11.6 Å². The van der Waals surface area contributed by atoms with E-state index in [2.05, 4.69) is 0 Å². The van der Waals surface area contributed by atoms with Crippen molar-refractivity contribution in [3.05, 3.63) is 36.4 Å². The summed E-state index contributed by atoms with van der Waals surface area (Å²) in [5.41, 5.74) is 6.41. The van der Waals surface area contributed by atoms with Crippen LogP contribution in [0.3, 0.4) is 0 Å². The molecule has 3 N–H and O–H groups in total. The molecule has 1 aliphatic carbocycles. The smallest absolute Gasteiger partial charge is 0.233 e. The van der Waals surface area contributed by atoms with Crippen LogP contribution in [0.25, 0.3) is 0 Å². The molecule has 0 bridgehead atoms. The third-order valence-electron chi connectivity index (χ3n) is 2.98. The van der Waals surface area contributed by atoms with Gasteiger partial charge in [0.1, 0.15) is 5.75 Å². The van der Waals surface area contributed by atoms with Crippen molar-refractivity contribution in [2.45, 2.75) is 12.5 Å². The summed E-state index contributed by atoms with van der Waals surface area (Å²) >= 11 is 0. The van der Waals surface area contributed by atoms with Gasteiger partial charge in [0.2, 0.25) is 5.91 Å². The first-order chi connectivity index (χ1) is 8.08. The molecule has 2 atom stereocenters. The molecule has 4 heteroatoms. The fourth-order valence-corrected chi connectivity index (χ4v) is 1.99. The molecule has 0 spiro atoms. The number of hydrogen-bond acceptors (Lipinski definition) is 3. The Labute approximate surface area is 100 Å². The van der Waals surface area contributed by atoms with Gasteiger partial charge in [0.05, 0.1) is 5.92 Å². The molecule has 1 aromatic rings. The summed E-state index contributed by atoms with van der Waals surface area (Å²) in [6.45, 7) is 0. The molecule has 0 heterocycles. The van der Waals surface area contributed by atoms with Crippen molar-refractivity contribution in [2.24, 2.45) is 11.7 Å². The summed E-state index contributed by atoms with van der Waals surface area (Å²) in [5.74, 6) is -0.00188. The second-order valence-electron chi connectivity index (χ2n) is 4.31. The summed E-state index contributed by atoms with van der Waals surface area (Å²) in [7, 11) is 1.70. The molecule has 17 heavy (non-hydrogen) atoms. The second kappa shape index (κ2) is 4.59. The average Bonchev–Trinajstić information content (AvgIpc) is 2.74. The Hall–Kier alpha value is -1.81. The summed E-state index contributed by atoms with van der Waals surface area (Å²) in [6.07, 6.45) is 4.37. The van der Waals surface area contributed by atoms with E-state index in [9.17, 15) is 9.90 Å². The minimum absolute atomic E-state index is 0.000185. The van der Waals surface area contributed by atoms with Gasteiger partial charge < -0.3 is 15.7 Å². The van der Waals surface area contributed by atoms with Gasteiger partial charge in [-0.25, -0.2) is 0 Å². The number of amides is 1. The molecular formula is C13H16N2O2. The Balaban J connectivity index is 2.12. The molecule has 1 aromatic carbocycles. The van der Waals surface area contributed by atoms with Crippen molar-refractivity contribution in [3.8, 4) is 5.75 Å². The van der Waals surface area contributed by atoms with Crippen LogP contribution in [0.4, 0.5) is 5.69 Å². The van der Waals surface area contributed by atoms with E-state index < -0.39 is 0 Å². The summed E-state index contributed by atoms with van der Waals surface area (Å²) in [4.78, 5) is 13.7. The molecule has 0 radical (unpaired) electrons. The Morgan fingerprint density at radius 3 is 2.82 bits per heavy atom. The zero-order valence-electron chi connectivity index (χ0n) is 9.71. The maximum absolute atomic E-state index is 12.1. The second-order valence-corrected chi connectivity index (χ2v) is 4.31. The number of anilines is 1. The summed E-state index contributed by atoms with van der Waals surface area (Å²) in [5, 5.41) is 9.38. The van der Waals surface area contributed by atoms with Gasteiger partial charge in [0, 0.05) is 24.8 Å². The number of nitrogens with zero attached hydrogens (tertiary/aromatic N) is 1. The van der Waals surface area contributed by atoms with Gasteiger partial charge in [-0.2, -0.15) is 0 Å². The monoisotopic (exact) mass is 232 g/mol. The number of carbonyl (C=O) groups excluding carboxylic acids is 1. The highest BCUT2D eigenvalue weighted by molar-refractivity contribution is 5.96. The van der Waals surface area contributed by atoms with Crippen LogP contribution in [-0.4, -0.2) is 24.1 Å². The fourth-order valence-electron chi connectivity index (χ4n) is 1.99. The lowest BCUT2D eigenvalue weighted by Gasteiger charge is -2.20. The zero-order valence-corrected chi connectivity index (χ0v) is 9.71. The molecule has 0 aromatic heterocycles. The van der Waals surface area contributed by atoms with Gasteiger partial charge in [0.25, 0.3) is 0 Å². The Bertz CT molecular complexity index is 456. The SMILES string of the molecule is CN(C(=O)C1C=CC(N)C1)c1cccc(O)c1. The van der Waals surface area contributed by atoms with E-state index in [-0.39, 0.29) is 23.6 Å². The number of hydrogen-bond donors (Lipinski definition) is 2. The van der Waals surface area contributed by atoms with Crippen molar-refractivity contribution in [3.63, 3.8) is 0 Å². The largest absolute Gasteiger partial charge is 0.508 e. The van der Waals surface area contributed by atoms with Gasteiger partial charge in [0.15, 0.2) is 0 Å². The molecule has 0 saturated carbocycles. The maximum Gasteiger partial charge on any atom is 0.233 e.